The minimum Gasteiger partial charge on any atom is -0.303 e. The van der Waals surface area contributed by atoms with Crippen molar-refractivity contribution in [1.29, 1.82) is 0 Å². The third kappa shape index (κ3) is 4.30. The first kappa shape index (κ1) is 9.41. The molecule has 1 atom stereocenters. The van der Waals surface area contributed by atoms with Crippen LogP contribution >= 0.6 is 0 Å². The maximum atomic E-state index is 10.3. The molecule has 0 aliphatic heterocycles. The van der Waals surface area contributed by atoms with E-state index in [1.807, 2.05) is 6.92 Å². The second-order valence-corrected chi connectivity index (χ2v) is 2.82. The summed E-state index contributed by atoms with van der Waals surface area (Å²) in [5, 5.41) is 0. The monoisotopic (exact) mass is 140 g/mol. The van der Waals surface area contributed by atoms with Crippen molar-refractivity contribution < 1.29 is 4.79 Å². The van der Waals surface area contributed by atoms with Gasteiger partial charge in [-0.1, -0.05) is 18.6 Å². The summed E-state index contributed by atoms with van der Waals surface area (Å²) < 4.78 is 0. The molecule has 1 heteroatoms. The smallest absolute Gasteiger partial charge is 0.123 e. The van der Waals surface area contributed by atoms with Gasteiger partial charge in [-0.25, -0.2) is 0 Å². The molecule has 0 aromatic rings. The highest BCUT2D eigenvalue weighted by Crippen LogP contribution is 2.06. The lowest BCUT2D eigenvalue weighted by atomic mass is 10.0. The molecule has 0 aromatic carbocycles. The summed E-state index contributed by atoms with van der Waals surface area (Å²) in [7, 11) is 0. The van der Waals surface area contributed by atoms with Crippen molar-refractivity contribution in [2.75, 3.05) is 0 Å². The first-order valence-corrected chi connectivity index (χ1v) is 3.79. The molecular formula is C9H16O. The Morgan fingerprint density at radius 2 is 2.10 bits per heavy atom. The molecule has 0 aliphatic rings. The molecular weight excluding hydrogens is 124 g/mol. The molecule has 0 amide bonds. The van der Waals surface area contributed by atoms with E-state index >= 15 is 0 Å². The molecule has 0 radical (unpaired) electrons. The van der Waals surface area contributed by atoms with Gasteiger partial charge >= 0.3 is 0 Å². The highest BCUT2D eigenvalue weighted by molar-refractivity contribution is 5.53. The molecule has 0 rings (SSSR count). The van der Waals surface area contributed by atoms with E-state index in [9.17, 15) is 4.79 Å². The van der Waals surface area contributed by atoms with Gasteiger partial charge in [0.2, 0.25) is 0 Å². The van der Waals surface area contributed by atoms with Gasteiger partial charge in [-0.2, -0.15) is 0 Å². The fraction of sp³-hybridized carbons (Fsp3) is 0.667. The van der Waals surface area contributed by atoms with E-state index in [1.165, 1.54) is 5.57 Å². The Morgan fingerprint density at radius 3 is 2.40 bits per heavy atom. The van der Waals surface area contributed by atoms with Gasteiger partial charge in [0.1, 0.15) is 6.29 Å². The van der Waals surface area contributed by atoms with Crippen molar-refractivity contribution in [2.45, 2.75) is 33.6 Å². The molecule has 0 saturated heterocycles. The lowest BCUT2D eigenvalue weighted by Crippen LogP contribution is -1.97. The van der Waals surface area contributed by atoms with Gasteiger partial charge in [0.25, 0.3) is 0 Å². The van der Waals surface area contributed by atoms with Gasteiger partial charge in [0, 0.05) is 5.92 Å². The maximum Gasteiger partial charge on any atom is 0.123 e. The van der Waals surface area contributed by atoms with Gasteiger partial charge in [-0.15, -0.1) is 0 Å². The van der Waals surface area contributed by atoms with E-state index in [-0.39, 0.29) is 5.92 Å². The number of carbonyl (C=O) groups excluding carboxylic acids is 1. The van der Waals surface area contributed by atoms with Crippen molar-refractivity contribution in [3.8, 4) is 0 Å². The maximum absolute atomic E-state index is 10.3. The molecule has 0 fully saturated rings. The van der Waals surface area contributed by atoms with E-state index < -0.39 is 0 Å². The molecule has 1 unspecified atom stereocenters. The van der Waals surface area contributed by atoms with Gasteiger partial charge in [-0.3, -0.25) is 0 Å². The largest absolute Gasteiger partial charge is 0.303 e. The molecule has 58 valence electrons. The lowest BCUT2D eigenvalue weighted by molar-refractivity contribution is -0.111. The Kier molecular flexibility index (Phi) is 4.91. The Bertz CT molecular complexity index is 121. The molecule has 10 heavy (non-hydrogen) atoms. The van der Waals surface area contributed by atoms with Crippen LogP contribution in [0.5, 0.6) is 0 Å². The second kappa shape index (κ2) is 5.21. The zero-order chi connectivity index (χ0) is 7.98. The molecule has 0 N–H and O–H groups in total. The normalized spacial score (nSPS) is 12.3. The topological polar surface area (TPSA) is 17.1 Å². The molecule has 0 spiro atoms. The van der Waals surface area contributed by atoms with Gasteiger partial charge < -0.3 is 4.79 Å². The molecule has 0 aliphatic carbocycles. The van der Waals surface area contributed by atoms with Crippen LogP contribution in [0.3, 0.4) is 0 Å². The van der Waals surface area contributed by atoms with E-state index in [1.54, 1.807) is 0 Å². The van der Waals surface area contributed by atoms with Crippen LogP contribution in [0.2, 0.25) is 0 Å². The number of carbonyl (C=O) groups is 1. The standard InChI is InChI=1S/C9H16O/c1-4-9(7-10)6-5-8(2)3/h5,7,9H,4,6H2,1-3H3. The van der Waals surface area contributed by atoms with Crippen molar-refractivity contribution in [2.24, 2.45) is 5.92 Å². The number of aldehydes is 1. The minimum absolute atomic E-state index is 0.231. The van der Waals surface area contributed by atoms with Crippen LogP contribution in [0.25, 0.3) is 0 Å². The second-order valence-electron chi connectivity index (χ2n) is 2.82. The number of allylic oxidation sites excluding steroid dienone is 2. The lowest BCUT2D eigenvalue weighted by Gasteiger charge is -2.01. The quantitative estimate of drug-likeness (QED) is 0.433. The molecule has 1 nitrogen and oxygen atoms in total. The van der Waals surface area contributed by atoms with Gasteiger partial charge in [0.05, 0.1) is 0 Å². The fourth-order valence-corrected chi connectivity index (χ4v) is 0.706. The third-order valence-electron chi connectivity index (χ3n) is 1.55. The highest BCUT2D eigenvalue weighted by atomic mass is 16.1. The van der Waals surface area contributed by atoms with Gasteiger partial charge in [0.15, 0.2) is 0 Å². The van der Waals surface area contributed by atoms with Crippen LogP contribution in [0, 0.1) is 5.92 Å². The Morgan fingerprint density at radius 1 is 1.50 bits per heavy atom. The molecule has 0 aromatic heterocycles. The first-order valence-electron chi connectivity index (χ1n) is 3.79. The summed E-state index contributed by atoms with van der Waals surface area (Å²) >= 11 is 0. The average Bonchev–Trinajstić information content (AvgIpc) is 1.90. The Labute approximate surface area is 63.1 Å². The summed E-state index contributed by atoms with van der Waals surface area (Å²) in [5.41, 5.74) is 1.29. The van der Waals surface area contributed by atoms with Crippen molar-refractivity contribution in [1.82, 2.24) is 0 Å². The van der Waals surface area contributed by atoms with Crippen molar-refractivity contribution >= 4 is 6.29 Å². The summed E-state index contributed by atoms with van der Waals surface area (Å²) in [5.74, 6) is 0.231. The summed E-state index contributed by atoms with van der Waals surface area (Å²) in [4.78, 5) is 10.3. The molecule has 0 saturated carbocycles. The van der Waals surface area contributed by atoms with Crippen LogP contribution in [0.1, 0.15) is 33.6 Å². The van der Waals surface area contributed by atoms with E-state index in [0.717, 1.165) is 19.1 Å². The SMILES string of the molecule is CCC(C=O)CC=C(C)C. The predicted octanol–water partition coefficient (Wildman–Crippen LogP) is 2.57. The van der Waals surface area contributed by atoms with Crippen LogP contribution < -0.4 is 0 Å². The Hall–Kier alpha value is -0.590. The van der Waals surface area contributed by atoms with Crippen molar-refractivity contribution in [3.63, 3.8) is 0 Å². The Balaban J connectivity index is 3.64. The third-order valence-corrected chi connectivity index (χ3v) is 1.55. The van der Waals surface area contributed by atoms with Crippen LogP contribution in [-0.4, -0.2) is 6.29 Å². The molecule has 0 bridgehead atoms. The van der Waals surface area contributed by atoms with Crippen LogP contribution in [0.4, 0.5) is 0 Å². The number of hydrogen-bond donors (Lipinski definition) is 0. The predicted molar refractivity (Wildman–Crippen MR) is 43.9 cm³/mol. The summed E-state index contributed by atoms with van der Waals surface area (Å²) in [6.07, 6.45) is 5.01. The van der Waals surface area contributed by atoms with Crippen LogP contribution in [-0.2, 0) is 4.79 Å². The fourth-order valence-electron chi connectivity index (χ4n) is 0.706. The van der Waals surface area contributed by atoms with E-state index in [4.69, 9.17) is 0 Å². The zero-order valence-corrected chi connectivity index (χ0v) is 7.05. The van der Waals surface area contributed by atoms with Crippen LogP contribution in [0.15, 0.2) is 11.6 Å². The zero-order valence-electron chi connectivity index (χ0n) is 7.05. The number of rotatable bonds is 4. The number of hydrogen-bond acceptors (Lipinski definition) is 1. The minimum atomic E-state index is 0.231. The van der Waals surface area contributed by atoms with E-state index in [2.05, 4.69) is 19.9 Å². The van der Waals surface area contributed by atoms with E-state index in [0.29, 0.717) is 0 Å². The highest BCUT2D eigenvalue weighted by Gasteiger charge is 1.99. The first-order chi connectivity index (χ1) is 4.70. The van der Waals surface area contributed by atoms with Crippen molar-refractivity contribution in [3.05, 3.63) is 11.6 Å². The average molecular weight is 140 g/mol. The molecule has 0 heterocycles. The summed E-state index contributed by atoms with van der Waals surface area (Å²) in [6.45, 7) is 6.15. The van der Waals surface area contributed by atoms with Gasteiger partial charge in [-0.05, 0) is 26.7 Å². The summed E-state index contributed by atoms with van der Waals surface area (Å²) in [6, 6.07) is 0.